The van der Waals surface area contributed by atoms with E-state index in [0.717, 1.165) is 6.54 Å². The molecule has 0 saturated carbocycles. The molecule has 0 aromatic heterocycles. The summed E-state index contributed by atoms with van der Waals surface area (Å²) in [6.07, 6.45) is 4.08. The SMILES string of the molecule is C=CNCC(C)=C(CC)CC. The van der Waals surface area contributed by atoms with Crippen LogP contribution in [0.15, 0.2) is 23.9 Å². The van der Waals surface area contributed by atoms with E-state index in [1.165, 1.54) is 18.4 Å². The van der Waals surface area contributed by atoms with E-state index < -0.39 is 0 Å². The summed E-state index contributed by atoms with van der Waals surface area (Å²) in [7, 11) is 0. The Labute approximate surface area is 70.2 Å². The standard InChI is InChI=1S/C10H19N/c1-5-10(6-2)9(4)8-11-7-3/h7,11H,3,5-6,8H2,1-2,4H3. The van der Waals surface area contributed by atoms with Gasteiger partial charge in [0.15, 0.2) is 0 Å². The first-order chi connectivity index (χ1) is 5.26. The fourth-order valence-electron chi connectivity index (χ4n) is 1.20. The van der Waals surface area contributed by atoms with Crippen LogP contribution < -0.4 is 5.32 Å². The van der Waals surface area contributed by atoms with Crippen molar-refractivity contribution in [3.05, 3.63) is 23.9 Å². The first-order valence-corrected chi connectivity index (χ1v) is 4.28. The van der Waals surface area contributed by atoms with Gasteiger partial charge in [-0.2, -0.15) is 0 Å². The molecule has 11 heavy (non-hydrogen) atoms. The molecule has 1 N–H and O–H groups in total. The topological polar surface area (TPSA) is 12.0 Å². The second-order valence-corrected chi connectivity index (χ2v) is 2.68. The lowest BCUT2D eigenvalue weighted by Crippen LogP contribution is -2.08. The highest BCUT2D eigenvalue weighted by Gasteiger charge is 1.95. The minimum Gasteiger partial charge on any atom is -0.388 e. The van der Waals surface area contributed by atoms with Gasteiger partial charge in [-0.25, -0.2) is 0 Å². The molecule has 0 atom stereocenters. The normalized spacial score (nSPS) is 9.00. The fraction of sp³-hybridized carbons (Fsp3) is 0.600. The molecule has 1 nitrogen and oxygen atoms in total. The molecule has 0 saturated heterocycles. The van der Waals surface area contributed by atoms with Crippen LogP contribution in [0, 0.1) is 0 Å². The van der Waals surface area contributed by atoms with Crippen LogP contribution in [0.2, 0.25) is 0 Å². The van der Waals surface area contributed by atoms with Crippen LogP contribution in [-0.4, -0.2) is 6.54 Å². The van der Waals surface area contributed by atoms with Gasteiger partial charge < -0.3 is 5.32 Å². The number of nitrogens with one attached hydrogen (secondary N) is 1. The maximum atomic E-state index is 3.61. The average Bonchev–Trinajstić information content (AvgIpc) is 2.03. The third-order valence-corrected chi connectivity index (χ3v) is 1.97. The van der Waals surface area contributed by atoms with Crippen molar-refractivity contribution in [2.75, 3.05) is 6.54 Å². The van der Waals surface area contributed by atoms with E-state index in [1.807, 2.05) is 0 Å². The van der Waals surface area contributed by atoms with E-state index in [0.29, 0.717) is 0 Å². The molecular formula is C10H19N. The molecule has 0 fully saturated rings. The van der Waals surface area contributed by atoms with Crippen molar-refractivity contribution in [1.82, 2.24) is 5.32 Å². The zero-order chi connectivity index (χ0) is 8.69. The number of hydrogen-bond donors (Lipinski definition) is 1. The minimum atomic E-state index is 0.945. The van der Waals surface area contributed by atoms with E-state index >= 15 is 0 Å². The minimum absolute atomic E-state index is 0.945. The fourth-order valence-corrected chi connectivity index (χ4v) is 1.20. The lowest BCUT2D eigenvalue weighted by Gasteiger charge is -2.07. The zero-order valence-corrected chi connectivity index (χ0v) is 7.91. The predicted molar refractivity (Wildman–Crippen MR) is 51.5 cm³/mol. The van der Waals surface area contributed by atoms with Gasteiger partial charge >= 0.3 is 0 Å². The third-order valence-electron chi connectivity index (χ3n) is 1.97. The first-order valence-electron chi connectivity index (χ1n) is 4.28. The van der Waals surface area contributed by atoms with Crippen LogP contribution in [0.25, 0.3) is 0 Å². The van der Waals surface area contributed by atoms with Gasteiger partial charge in [0.2, 0.25) is 0 Å². The van der Waals surface area contributed by atoms with Crippen LogP contribution in [-0.2, 0) is 0 Å². The first kappa shape index (κ1) is 10.3. The second-order valence-electron chi connectivity index (χ2n) is 2.68. The molecule has 64 valence electrons. The summed E-state index contributed by atoms with van der Waals surface area (Å²) in [5.74, 6) is 0. The Morgan fingerprint density at radius 1 is 1.36 bits per heavy atom. The maximum absolute atomic E-state index is 3.61. The summed E-state index contributed by atoms with van der Waals surface area (Å²) >= 11 is 0. The van der Waals surface area contributed by atoms with E-state index in [-0.39, 0.29) is 0 Å². The van der Waals surface area contributed by atoms with Crippen LogP contribution in [0.4, 0.5) is 0 Å². The molecule has 0 unspecified atom stereocenters. The van der Waals surface area contributed by atoms with Crippen molar-refractivity contribution < 1.29 is 0 Å². The summed E-state index contributed by atoms with van der Waals surface area (Å²) in [6, 6.07) is 0. The maximum Gasteiger partial charge on any atom is 0.0354 e. The summed E-state index contributed by atoms with van der Waals surface area (Å²) in [6.45, 7) is 11.1. The van der Waals surface area contributed by atoms with Crippen molar-refractivity contribution in [3.63, 3.8) is 0 Å². The Bertz CT molecular complexity index is 139. The Morgan fingerprint density at radius 2 is 1.91 bits per heavy atom. The van der Waals surface area contributed by atoms with Gasteiger partial charge in [0.25, 0.3) is 0 Å². The van der Waals surface area contributed by atoms with Gasteiger partial charge in [-0.15, -0.1) is 0 Å². The zero-order valence-electron chi connectivity index (χ0n) is 7.91. The Hall–Kier alpha value is -0.720. The van der Waals surface area contributed by atoms with E-state index in [2.05, 4.69) is 32.7 Å². The molecule has 0 heterocycles. The predicted octanol–water partition coefficient (Wildman–Crippen LogP) is 2.86. The molecule has 0 aliphatic carbocycles. The van der Waals surface area contributed by atoms with E-state index in [4.69, 9.17) is 0 Å². The third kappa shape index (κ3) is 3.87. The number of allylic oxidation sites excluding steroid dienone is 1. The quantitative estimate of drug-likeness (QED) is 0.599. The van der Waals surface area contributed by atoms with Crippen LogP contribution >= 0.6 is 0 Å². The number of hydrogen-bond acceptors (Lipinski definition) is 1. The summed E-state index contributed by atoms with van der Waals surface area (Å²) in [5.41, 5.74) is 3.01. The smallest absolute Gasteiger partial charge is 0.0354 e. The molecular weight excluding hydrogens is 134 g/mol. The molecule has 0 amide bonds. The molecule has 1 heteroatoms. The highest BCUT2D eigenvalue weighted by molar-refractivity contribution is 5.12. The van der Waals surface area contributed by atoms with Gasteiger partial charge in [0.05, 0.1) is 0 Å². The van der Waals surface area contributed by atoms with Crippen molar-refractivity contribution >= 4 is 0 Å². The lowest BCUT2D eigenvalue weighted by atomic mass is 10.0. The second kappa shape index (κ2) is 6.02. The van der Waals surface area contributed by atoms with Crippen molar-refractivity contribution in [3.8, 4) is 0 Å². The van der Waals surface area contributed by atoms with Crippen molar-refractivity contribution in [2.24, 2.45) is 0 Å². The van der Waals surface area contributed by atoms with Gasteiger partial charge in [0, 0.05) is 6.54 Å². The molecule has 0 bridgehead atoms. The number of rotatable bonds is 5. The van der Waals surface area contributed by atoms with Crippen LogP contribution in [0.3, 0.4) is 0 Å². The largest absolute Gasteiger partial charge is 0.388 e. The highest BCUT2D eigenvalue weighted by atomic mass is 14.8. The van der Waals surface area contributed by atoms with Crippen molar-refractivity contribution in [1.29, 1.82) is 0 Å². The summed E-state index contributed by atoms with van der Waals surface area (Å²) < 4.78 is 0. The van der Waals surface area contributed by atoms with Gasteiger partial charge in [0.1, 0.15) is 0 Å². The summed E-state index contributed by atoms with van der Waals surface area (Å²) in [4.78, 5) is 0. The molecule has 0 aromatic carbocycles. The molecule has 0 spiro atoms. The molecule has 0 aromatic rings. The van der Waals surface area contributed by atoms with Gasteiger partial charge in [-0.3, -0.25) is 0 Å². The molecule has 0 aliphatic rings. The van der Waals surface area contributed by atoms with E-state index in [1.54, 1.807) is 11.8 Å². The monoisotopic (exact) mass is 153 g/mol. The average molecular weight is 153 g/mol. The van der Waals surface area contributed by atoms with Crippen LogP contribution in [0.5, 0.6) is 0 Å². The summed E-state index contributed by atoms with van der Waals surface area (Å²) in [5, 5.41) is 3.10. The molecule has 0 rings (SSSR count). The van der Waals surface area contributed by atoms with Gasteiger partial charge in [-0.05, 0) is 26.0 Å². The van der Waals surface area contributed by atoms with Crippen LogP contribution in [0.1, 0.15) is 33.6 Å². The lowest BCUT2D eigenvalue weighted by molar-refractivity contribution is 0.870. The van der Waals surface area contributed by atoms with Gasteiger partial charge in [-0.1, -0.05) is 31.6 Å². The Morgan fingerprint density at radius 3 is 2.27 bits per heavy atom. The van der Waals surface area contributed by atoms with Crippen molar-refractivity contribution in [2.45, 2.75) is 33.6 Å². The molecule has 0 radical (unpaired) electrons. The highest BCUT2D eigenvalue weighted by Crippen LogP contribution is 2.10. The Balaban J connectivity index is 3.99. The van der Waals surface area contributed by atoms with E-state index in [9.17, 15) is 0 Å². The Kier molecular flexibility index (Phi) is 5.63. The molecule has 0 aliphatic heterocycles.